The summed E-state index contributed by atoms with van der Waals surface area (Å²) < 4.78 is 10.7. The minimum Gasteiger partial charge on any atom is -0.497 e. The summed E-state index contributed by atoms with van der Waals surface area (Å²) in [5, 5.41) is 0.523. The van der Waals surface area contributed by atoms with Crippen LogP contribution in [0.3, 0.4) is 0 Å². The molecule has 2 rings (SSSR count). The Labute approximate surface area is 123 Å². The highest BCUT2D eigenvalue weighted by molar-refractivity contribution is 6.30. The summed E-state index contributed by atoms with van der Waals surface area (Å²) in [7, 11) is 1.64. The van der Waals surface area contributed by atoms with E-state index in [0.717, 1.165) is 24.0 Å². The zero-order valence-electron chi connectivity index (χ0n) is 11.1. The lowest BCUT2D eigenvalue weighted by atomic mass is 10.1. The summed E-state index contributed by atoms with van der Waals surface area (Å²) in [5.41, 5.74) is 1.61. The molecule has 0 amide bonds. The van der Waals surface area contributed by atoms with Crippen molar-refractivity contribution in [2.24, 2.45) is 0 Å². The Balaban J connectivity index is 1.93. The van der Waals surface area contributed by atoms with Gasteiger partial charge < -0.3 is 9.47 Å². The molecule has 0 heterocycles. The molecular weight excluding hydrogens is 276 g/mol. The molecule has 0 atom stereocenters. The van der Waals surface area contributed by atoms with Crippen LogP contribution in [-0.2, 0) is 6.42 Å². The Morgan fingerprint density at radius 2 is 1.90 bits per heavy atom. The molecule has 0 aliphatic carbocycles. The molecule has 4 heteroatoms. The second kappa shape index (κ2) is 6.96. The average molecular weight is 291 g/mol. The SMILES string of the molecule is COc1ccc(CCOc2ccc(Cl)cc2C=O)cc1. The minimum absolute atomic E-state index is 0.465. The van der Waals surface area contributed by atoms with Crippen LogP contribution in [0.1, 0.15) is 15.9 Å². The largest absolute Gasteiger partial charge is 0.497 e. The second-order valence-electron chi connectivity index (χ2n) is 4.25. The number of methoxy groups -OCH3 is 1. The summed E-state index contributed by atoms with van der Waals surface area (Å²) in [6, 6.07) is 12.8. The van der Waals surface area contributed by atoms with Crippen molar-refractivity contribution >= 4 is 17.9 Å². The molecule has 0 saturated heterocycles. The quantitative estimate of drug-likeness (QED) is 0.760. The van der Waals surface area contributed by atoms with E-state index >= 15 is 0 Å². The van der Waals surface area contributed by atoms with Gasteiger partial charge in [0, 0.05) is 11.4 Å². The number of hydrogen-bond donors (Lipinski definition) is 0. The van der Waals surface area contributed by atoms with Gasteiger partial charge in [-0.1, -0.05) is 23.7 Å². The summed E-state index contributed by atoms with van der Waals surface area (Å²) in [6.07, 6.45) is 1.50. The van der Waals surface area contributed by atoms with Crippen molar-refractivity contribution < 1.29 is 14.3 Å². The smallest absolute Gasteiger partial charge is 0.153 e. The first-order valence-corrected chi connectivity index (χ1v) is 6.61. The predicted molar refractivity (Wildman–Crippen MR) is 79.0 cm³/mol. The lowest BCUT2D eigenvalue weighted by Gasteiger charge is -2.09. The van der Waals surface area contributed by atoms with Crippen molar-refractivity contribution in [2.45, 2.75) is 6.42 Å². The van der Waals surface area contributed by atoms with Crippen LogP contribution in [0.4, 0.5) is 0 Å². The zero-order valence-corrected chi connectivity index (χ0v) is 11.9. The van der Waals surface area contributed by atoms with E-state index in [-0.39, 0.29) is 0 Å². The second-order valence-corrected chi connectivity index (χ2v) is 4.68. The molecule has 2 aromatic carbocycles. The first-order chi connectivity index (χ1) is 9.72. The van der Waals surface area contributed by atoms with Crippen molar-refractivity contribution in [3.63, 3.8) is 0 Å². The number of aldehydes is 1. The molecule has 3 nitrogen and oxygen atoms in total. The molecule has 0 aliphatic rings. The fourth-order valence-corrected chi connectivity index (χ4v) is 1.99. The van der Waals surface area contributed by atoms with Gasteiger partial charge in [0.15, 0.2) is 6.29 Å². The highest BCUT2D eigenvalue weighted by atomic mass is 35.5. The number of benzene rings is 2. The van der Waals surface area contributed by atoms with Crippen molar-refractivity contribution in [1.82, 2.24) is 0 Å². The van der Waals surface area contributed by atoms with E-state index in [4.69, 9.17) is 21.1 Å². The molecule has 0 spiro atoms. The van der Waals surface area contributed by atoms with E-state index in [9.17, 15) is 4.79 Å². The van der Waals surface area contributed by atoms with Gasteiger partial charge >= 0.3 is 0 Å². The van der Waals surface area contributed by atoms with Crippen LogP contribution < -0.4 is 9.47 Å². The molecule has 2 aromatic rings. The van der Waals surface area contributed by atoms with Crippen LogP contribution in [-0.4, -0.2) is 20.0 Å². The summed E-state index contributed by atoms with van der Waals surface area (Å²) in [4.78, 5) is 10.9. The van der Waals surface area contributed by atoms with Crippen molar-refractivity contribution in [3.8, 4) is 11.5 Å². The topological polar surface area (TPSA) is 35.5 Å². The molecule has 0 N–H and O–H groups in total. The van der Waals surface area contributed by atoms with Crippen LogP contribution in [0.15, 0.2) is 42.5 Å². The van der Waals surface area contributed by atoms with Crippen LogP contribution >= 0.6 is 11.6 Å². The van der Waals surface area contributed by atoms with Gasteiger partial charge in [-0.15, -0.1) is 0 Å². The Morgan fingerprint density at radius 3 is 2.55 bits per heavy atom. The molecule has 0 unspecified atom stereocenters. The van der Waals surface area contributed by atoms with Crippen LogP contribution in [0.2, 0.25) is 5.02 Å². The molecule has 0 radical (unpaired) electrons. The van der Waals surface area contributed by atoms with Gasteiger partial charge in [0.1, 0.15) is 11.5 Å². The molecule has 0 aliphatic heterocycles. The number of ether oxygens (including phenoxy) is 2. The Kier molecular flexibility index (Phi) is 5.02. The number of rotatable bonds is 6. The summed E-state index contributed by atoms with van der Waals surface area (Å²) in [5.74, 6) is 1.38. The van der Waals surface area contributed by atoms with Gasteiger partial charge in [-0.2, -0.15) is 0 Å². The average Bonchev–Trinajstić information content (AvgIpc) is 2.49. The number of hydrogen-bond acceptors (Lipinski definition) is 3. The van der Waals surface area contributed by atoms with E-state index in [2.05, 4.69) is 0 Å². The highest BCUT2D eigenvalue weighted by Crippen LogP contribution is 2.21. The molecule has 0 fully saturated rings. The Hall–Kier alpha value is -2.00. The number of carbonyl (C=O) groups excluding carboxylic acids is 1. The number of carbonyl (C=O) groups is 1. The van der Waals surface area contributed by atoms with E-state index in [1.54, 1.807) is 25.3 Å². The third-order valence-electron chi connectivity index (χ3n) is 2.91. The molecule has 104 valence electrons. The van der Waals surface area contributed by atoms with E-state index in [1.165, 1.54) is 0 Å². The van der Waals surface area contributed by atoms with E-state index < -0.39 is 0 Å². The summed E-state index contributed by atoms with van der Waals surface area (Å²) >= 11 is 5.83. The first kappa shape index (κ1) is 14.4. The van der Waals surface area contributed by atoms with Crippen LogP contribution in [0.25, 0.3) is 0 Å². The van der Waals surface area contributed by atoms with Gasteiger partial charge in [0.25, 0.3) is 0 Å². The minimum atomic E-state index is 0.465. The monoisotopic (exact) mass is 290 g/mol. The molecule has 0 aromatic heterocycles. The maximum Gasteiger partial charge on any atom is 0.153 e. The highest BCUT2D eigenvalue weighted by Gasteiger charge is 2.04. The van der Waals surface area contributed by atoms with Crippen molar-refractivity contribution in [2.75, 3.05) is 13.7 Å². The third-order valence-corrected chi connectivity index (χ3v) is 3.14. The number of halogens is 1. The Morgan fingerprint density at radius 1 is 1.15 bits per heavy atom. The maximum absolute atomic E-state index is 10.9. The summed E-state index contributed by atoms with van der Waals surface area (Å²) in [6.45, 7) is 0.495. The zero-order chi connectivity index (χ0) is 14.4. The van der Waals surface area contributed by atoms with Gasteiger partial charge in [-0.3, -0.25) is 4.79 Å². The molecule has 0 saturated carbocycles. The van der Waals surface area contributed by atoms with Gasteiger partial charge in [0.2, 0.25) is 0 Å². The van der Waals surface area contributed by atoms with Crippen molar-refractivity contribution in [1.29, 1.82) is 0 Å². The van der Waals surface area contributed by atoms with E-state index in [0.29, 0.717) is 22.9 Å². The van der Waals surface area contributed by atoms with Gasteiger partial charge in [-0.25, -0.2) is 0 Å². The van der Waals surface area contributed by atoms with Crippen LogP contribution in [0.5, 0.6) is 11.5 Å². The van der Waals surface area contributed by atoms with E-state index in [1.807, 2.05) is 24.3 Å². The molecule has 0 bridgehead atoms. The molecule has 20 heavy (non-hydrogen) atoms. The fraction of sp³-hybridized carbons (Fsp3) is 0.188. The predicted octanol–water partition coefficient (Wildman–Crippen LogP) is 3.78. The lowest BCUT2D eigenvalue weighted by Crippen LogP contribution is -2.03. The standard InChI is InChI=1S/C16H15ClO3/c1-19-15-5-2-12(3-6-15)8-9-20-16-7-4-14(17)10-13(16)11-18/h2-7,10-11H,8-9H2,1H3. The fourth-order valence-electron chi connectivity index (χ4n) is 1.81. The maximum atomic E-state index is 10.9. The normalized spacial score (nSPS) is 10.1. The Bertz CT molecular complexity index is 579. The van der Waals surface area contributed by atoms with Gasteiger partial charge in [0.05, 0.1) is 19.3 Å². The lowest BCUT2D eigenvalue weighted by molar-refractivity contribution is 0.111. The van der Waals surface area contributed by atoms with Crippen LogP contribution in [0, 0.1) is 0 Å². The first-order valence-electron chi connectivity index (χ1n) is 6.23. The molecular formula is C16H15ClO3. The third kappa shape index (κ3) is 3.75. The van der Waals surface area contributed by atoms with Crippen molar-refractivity contribution in [3.05, 3.63) is 58.6 Å². The van der Waals surface area contributed by atoms with Gasteiger partial charge in [-0.05, 0) is 35.9 Å².